The molecular weight excluding hydrogens is 476 g/mol. The van der Waals surface area contributed by atoms with Gasteiger partial charge in [0.15, 0.2) is 0 Å². The average Bonchev–Trinajstić information content (AvgIpc) is 3.24. The summed E-state index contributed by atoms with van der Waals surface area (Å²) in [5, 5.41) is 10.2. The summed E-state index contributed by atoms with van der Waals surface area (Å²) >= 11 is 1.57. The fourth-order valence-electron chi connectivity index (χ4n) is 6.37. The van der Waals surface area contributed by atoms with E-state index in [2.05, 4.69) is 32.9 Å². The van der Waals surface area contributed by atoms with Gasteiger partial charge in [0.1, 0.15) is 6.04 Å². The van der Waals surface area contributed by atoms with Gasteiger partial charge in [-0.25, -0.2) is 0 Å². The molecule has 1 N–H and O–H groups in total. The molecule has 1 unspecified atom stereocenters. The van der Waals surface area contributed by atoms with Crippen LogP contribution in [0.2, 0.25) is 0 Å². The lowest BCUT2D eigenvalue weighted by atomic mass is 9.78. The molecule has 4 aliphatic rings. The van der Waals surface area contributed by atoms with E-state index in [4.69, 9.17) is 4.74 Å². The van der Waals surface area contributed by atoms with Crippen LogP contribution in [0.15, 0.2) is 24.3 Å². The Kier molecular flexibility index (Phi) is 8.87. The first-order valence-corrected chi connectivity index (χ1v) is 14.6. The third-order valence-electron chi connectivity index (χ3n) is 8.00. The number of hydrogen-bond donors (Lipinski definition) is 1. The third-order valence-corrected chi connectivity index (χ3v) is 9.75. The van der Waals surface area contributed by atoms with E-state index in [0.717, 1.165) is 38.5 Å². The van der Waals surface area contributed by atoms with Gasteiger partial charge < -0.3 is 19.6 Å². The van der Waals surface area contributed by atoms with E-state index in [1.807, 2.05) is 17.1 Å². The van der Waals surface area contributed by atoms with E-state index in [1.165, 1.54) is 0 Å². The highest BCUT2D eigenvalue weighted by Gasteiger charge is 2.71. The van der Waals surface area contributed by atoms with Crippen LogP contribution in [0.5, 0.6) is 0 Å². The minimum absolute atomic E-state index is 0.0669. The maximum atomic E-state index is 14.3. The number of aliphatic hydroxyl groups is 1. The first kappa shape index (κ1) is 27.2. The molecule has 0 aromatic rings. The summed E-state index contributed by atoms with van der Waals surface area (Å²) in [6.07, 6.45) is 14.5. The number of carbonyl (C=O) groups excluding carboxylic acids is 3. The number of aliphatic hydroxyl groups excluding tert-OH is 1. The number of cyclic esters (lactones) is 1. The van der Waals surface area contributed by atoms with Crippen molar-refractivity contribution in [2.75, 3.05) is 26.3 Å². The molecule has 4 heterocycles. The van der Waals surface area contributed by atoms with E-state index in [9.17, 15) is 19.5 Å². The molecule has 4 rings (SSSR count). The largest absolute Gasteiger partial charge is 0.465 e. The maximum absolute atomic E-state index is 14.3. The minimum atomic E-state index is -0.856. The van der Waals surface area contributed by atoms with E-state index in [0.29, 0.717) is 26.1 Å². The molecule has 6 atom stereocenters. The van der Waals surface area contributed by atoms with Crippen molar-refractivity contribution in [3.63, 3.8) is 0 Å². The Bertz CT molecular complexity index is 889. The number of carbonyl (C=O) groups is 3. The number of allylic oxidation sites excluding steroid dienone is 1. The number of thioether (sulfide) groups is 1. The summed E-state index contributed by atoms with van der Waals surface area (Å²) in [7, 11) is 0. The fraction of sp³-hybridized carbons (Fsp3) is 0.750. The molecule has 0 saturated carbocycles. The molecule has 2 saturated heterocycles. The molecule has 7 nitrogen and oxygen atoms in total. The van der Waals surface area contributed by atoms with Gasteiger partial charge in [-0.05, 0) is 38.0 Å². The van der Waals surface area contributed by atoms with Gasteiger partial charge >= 0.3 is 5.97 Å². The Balaban J connectivity index is 1.79. The highest BCUT2D eigenvalue weighted by molar-refractivity contribution is 8.02. The standard InChI is InChI=1S/C28H42N2O5S/c1-4-5-9-14-29-15-11-13-28-23(22-21(36-28)12-8-6-7-10-16-35-27(22)34)25(32)30(24(28)26(29)33)20(18-31)17-19(2)3/h8,11-13,19-24,31H,4-7,9-10,14-18H2,1-3H3/b12-8-/t20-,21+,22-,23+,24?,28+/m1/s1. The quantitative estimate of drug-likeness (QED) is 0.300. The van der Waals surface area contributed by atoms with E-state index in [1.54, 1.807) is 16.7 Å². The van der Waals surface area contributed by atoms with Crippen molar-refractivity contribution in [1.29, 1.82) is 0 Å². The lowest BCUT2D eigenvalue weighted by Crippen LogP contribution is -2.56. The van der Waals surface area contributed by atoms with E-state index in [-0.39, 0.29) is 35.6 Å². The minimum Gasteiger partial charge on any atom is -0.465 e. The van der Waals surface area contributed by atoms with Gasteiger partial charge in [-0.3, -0.25) is 14.4 Å². The SMILES string of the molecule is CCCCCN1CC=C[C@]23S[C@H]4/C=C\CCCCOC(=O)[C@H]4[C@H]2C(=O)N([C@@H](CO)CC(C)C)C3C1=O. The molecule has 4 aliphatic heterocycles. The van der Waals surface area contributed by atoms with Crippen molar-refractivity contribution < 1.29 is 24.2 Å². The molecule has 0 aromatic heterocycles. The Labute approximate surface area is 219 Å². The van der Waals surface area contributed by atoms with E-state index < -0.39 is 28.7 Å². The summed E-state index contributed by atoms with van der Waals surface area (Å²) in [4.78, 5) is 45.4. The lowest BCUT2D eigenvalue weighted by Gasteiger charge is -2.39. The van der Waals surface area contributed by atoms with Crippen LogP contribution in [-0.4, -0.2) is 81.1 Å². The van der Waals surface area contributed by atoms with Crippen LogP contribution in [-0.2, 0) is 19.1 Å². The number of ether oxygens (including phenoxy) is 1. The zero-order valence-electron chi connectivity index (χ0n) is 21.9. The predicted molar refractivity (Wildman–Crippen MR) is 141 cm³/mol. The molecule has 2 fully saturated rings. The third kappa shape index (κ3) is 5.00. The number of nitrogens with zero attached hydrogens (tertiary/aromatic N) is 2. The monoisotopic (exact) mass is 518 g/mol. The molecule has 1 spiro atoms. The molecule has 36 heavy (non-hydrogen) atoms. The summed E-state index contributed by atoms with van der Waals surface area (Å²) < 4.78 is 4.81. The van der Waals surface area contributed by atoms with Crippen LogP contribution in [0, 0.1) is 17.8 Å². The second-order valence-electron chi connectivity index (χ2n) is 11.0. The zero-order valence-corrected chi connectivity index (χ0v) is 22.8. The van der Waals surface area contributed by atoms with Gasteiger partial charge in [0.05, 0.1) is 35.8 Å². The van der Waals surface area contributed by atoms with Crippen LogP contribution in [0.1, 0.15) is 65.7 Å². The number of fused-ring (bicyclic) bond motifs is 2. The number of amides is 2. The Morgan fingerprint density at radius 2 is 1.97 bits per heavy atom. The maximum Gasteiger partial charge on any atom is 0.311 e. The summed E-state index contributed by atoms with van der Waals surface area (Å²) in [5.41, 5.74) is 0. The molecular formula is C28H42N2O5S. The first-order chi connectivity index (χ1) is 17.4. The normalized spacial score (nSPS) is 34.2. The van der Waals surface area contributed by atoms with Crippen molar-refractivity contribution in [3.05, 3.63) is 24.3 Å². The Hall–Kier alpha value is -1.80. The fourth-order valence-corrected chi connectivity index (χ4v) is 8.36. The summed E-state index contributed by atoms with van der Waals surface area (Å²) in [5.74, 6) is -1.70. The first-order valence-electron chi connectivity index (χ1n) is 13.8. The number of hydrogen-bond acceptors (Lipinski definition) is 6. The van der Waals surface area contributed by atoms with Gasteiger partial charge in [0.2, 0.25) is 11.8 Å². The molecule has 200 valence electrons. The Morgan fingerprint density at radius 3 is 2.69 bits per heavy atom. The van der Waals surface area contributed by atoms with Crippen molar-refractivity contribution >= 4 is 29.5 Å². The number of rotatable bonds is 8. The molecule has 2 amide bonds. The van der Waals surface area contributed by atoms with Crippen molar-refractivity contribution in [2.45, 2.75) is 87.8 Å². The van der Waals surface area contributed by atoms with Crippen molar-refractivity contribution in [2.24, 2.45) is 17.8 Å². The molecule has 0 radical (unpaired) electrons. The van der Waals surface area contributed by atoms with Crippen molar-refractivity contribution in [1.82, 2.24) is 9.80 Å². The second kappa shape index (κ2) is 11.7. The van der Waals surface area contributed by atoms with Gasteiger partial charge in [0, 0.05) is 18.3 Å². The highest BCUT2D eigenvalue weighted by atomic mass is 32.2. The number of esters is 1. The Morgan fingerprint density at radius 1 is 1.17 bits per heavy atom. The van der Waals surface area contributed by atoms with Gasteiger partial charge in [-0.15, -0.1) is 11.8 Å². The number of likely N-dealkylation sites (tertiary alicyclic amines) is 1. The van der Waals surface area contributed by atoms with Crippen LogP contribution >= 0.6 is 11.8 Å². The topological polar surface area (TPSA) is 87.2 Å². The van der Waals surface area contributed by atoms with Crippen LogP contribution in [0.25, 0.3) is 0 Å². The molecule has 0 aromatic carbocycles. The van der Waals surface area contributed by atoms with Gasteiger partial charge in [0.25, 0.3) is 0 Å². The summed E-state index contributed by atoms with van der Waals surface area (Å²) in [6.45, 7) is 7.54. The van der Waals surface area contributed by atoms with Gasteiger partial charge in [-0.2, -0.15) is 0 Å². The summed E-state index contributed by atoms with van der Waals surface area (Å²) in [6, 6.07) is -1.21. The van der Waals surface area contributed by atoms with E-state index >= 15 is 0 Å². The van der Waals surface area contributed by atoms with Crippen LogP contribution < -0.4 is 0 Å². The lowest BCUT2D eigenvalue weighted by molar-refractivity contribution is -0.154. The molecule has 8 heteroatoms. The van der Waals surface area contributed by atoms with Crippen LogP contribution in [0.3, 0.4) is 0 Å². The van der Waals surface area contributed by atoms with Crippen LogP contribution in [0.4, 0.5) is 0 Å². The van der Waals surface area contributed by atoms with Crippen molar-refractivity contribution in [3.8, 4) is 0 Å². The van der Waals surface area contributed by atoms with Gasteiger partial charge in [-0.1, -0.05) is 57.9 Å². The average molecular weight is 519 g/mol. The predicted octanol–water partition coefficient (Wildman–Crippen LogP) is 3.56. The number of unbranched alkanes of at least 4 members (excludes halogenated alkanes) is 2. The molecule has 0 bridgehead atoms. The molecule has 0 aliphatic carbocycles. The smallest absolute Gasteiger partial charge is 0.311 e. The second-order valence-corrected chi connectivity index (χ2v) is 12.5. The zero-order chi connectivity index (χ0) is 25.9. The highest BCUT2D eigenvalue weighted by Crippen LogP contribution is 2.61.